The van der Waals surface area contributed by atoms with Crippen molar-refractivity contribution in [2.24, 2.45) is 59.2 Å². The average Bonchev–Trinajstić information content (AvgIpc) is 2.33. The molecule has 0 amide bonds. The molecule has 6 rings (SSSR count). The Labute approximate surface area is 130 Å². The van der Waals surface area contributed by atoms with E-state index in [4.69, 9.17) is 8.37 Å². The van der Waals surface area contributed by atoms with Crippen LogP contribution in [0.1, 0.15) is 0 Å². The molecule has 0 aromatic carbocycles. The van der Waals surface area contributed by atoms with Gasteiger partial charge in [0.15, 0.2) is 0 Å². The summed E-state index contributed by atoms with van der Waals surface area (Å²) in [6, 6.07) is 0. The molecule has 6 aliphatic carbocycles. The molecule has 6 fully saturated rings. The Hall–Kier alpha value is -0.180. The van der Waals surface area contributed by atoms with Crippen LogP contribution in [0.2, 0.25) is 0 Å². The van der Waals surface area contributed by atoms with Crippen molar-refractivity contribution in [2.45, 2.75) is 0 Å². The average molecular weight is 348 g/mol. The van der Waals surface area contributed by atoms with Crippen LogP contribution in [0.3, 0.4) is 0 Å². The summed E-state index contributed by atoms with van der Waals surface area (Å²) in [5, 5.41) is 0. The van der Waals surface area contributed by atoms with Crippen molar-refractivity contribution in [3.8, 4) is 0 Å². The van der Waals surface area contributed by atoms with Gasteiger partial charge in [0.25, 0.3) is 20.2 Å². The molecular formula is C14H20O6S2. The van der Waals surface area contributed by atoms with Gasteiger partial charge in [-0.3, -0.25) is 8.37 Å². The number of fused-ring (bicyclic) bond motifs is 1. The second-order valence-corrected chi connectivity index (χ2v) is 11.2. The topological polar surface area (TPSA) is 86.7 Å². The molecule has 4 unspecified atom stereocenters. The summed E-state index contributed by atoms with van der Waals surface area (Å²) in [7, 11) is -6.93. The summed E-state index contributed by atoms with van der Waals surface area (Å²) in [5.74, 6) is 6.14. The fraction of sp³-hybridized carbons (Fsp3) is 1.00. The molecule has 22 heavy (non-hydrogen) atoms. The lowest BCUT2D eigenvalue weighted by Gasteiger charge is -2.95. The van der Waals surface area contributed by atoms with Gasteiger partial charge in [-0.1, -0.05) is 0 Å². The Morgan fingerprint density at radius 2 is 0.864 bits per heavy atom. The minimum absolute atomic E-state index is 0.126. The van der Waals surface area contributed by atoms with Gasteiger partial charge in [0.2, 0.25) is 0 Å². The third kappa shape index (κ3) is 1.53. The van der Waals surface area contributed by atoms with Gasteiger partial charge < -0.3 is 0 Å². The third-order valence-corrected chi connectivity index (χ3v) is 8.51. The minimum atomic E-state index is -3.47. The van der Waals surface area contributed by atoms with E-state index >= 15 is 0 Å². The first-order valence-corrected chi connectivity index (χ1v) is 11.5. The lowest BCUT2D eigenvalue weighted by Crippen LogP contribution is -2.92. The van der Waals surface area contributed by atoms with Gasteiger partial charge >= 0.3 is 0 Å². The van der Waals surface area contributed by atoms with Crippen LogP contribution >= 0.6 is 0 Å². The van der Waals surface area contributed by atoms with Crippen molar-refractivity contribution in [3.63, 3.8) is 0 Å². The van der Waals surface area contributed by atoms with Crippen LogP contribution < -0.4 is 0 Å². The first-order valence-electron chi connectivity index (χ1n) is 7.88. The summed E-state index contributed by atoms with van der Waals surface area (Å²) < 4.78 is 55.5. The lowest BCUT2D eigenvalue weighted by atomic mass is 9.09. The fourth-order valence-corrected chi connectivity index (χ4v) is 7.95. The van der Waals surface area contributed by atoms with Crippen LogP contribution in [-0.2, 0) is 28.6 Å². The maximum absolute atomic E-state index is 11.3. The van der Waals surface area contributed by atoms with Gasteiger partial charge in [-0.2, -0.15) is 16.8 Å². The molecule has 0 aliphatic heterocycles. The first-order chi connectivity index (χ1) is 10.2. The van der Waals surface area contributed by atoms with E-state index in [9.17, 15) is 16.8 Å². The van der Waals surface area contributed by atoms with E-state index in [1.54, 1.807) is 0 Å². The maximum atomic E-state index is 11.3. The van der Waals surface area contributed by atoms with E-state index < -0.39 is 20.2 Å². The van der Waals surface area contributed by atoms with Crippen LogP contribution in [0.25, 0.3) is 0 Å². The summed E-state index contributed by atoms with van der Waals surface area (Å²) >= 11 is 0. The Morgan fingerprint density at radius 1 is 0.591 bits per heavy atom. The van der Waals surface area contributed by atoms with Gasteiger partial charge in [-0.25, -0.2) is 0 Å². The molecule has 10 atom stereocenters. The highest BCUT2D eigenvalue weighted by atomic mass is 32.2. The quantitative estimate of drug-likeness (QED) is 0.636. The zero-order valence-electron chi connectivity index (χ0n) is 12.5. The van der Waals surface area contributed by atoms with Crippen LogP contribution in [0, 0.1) is 59.2 Å². The SMILES string of the molecule is CS(=O)(=O)OC[C@@H]1C2[C@H]3C4C5[C@@H]3C([C@@H]5[C@@H]42)[C@@H]1COS(C)(=O)=O. The van der Waals surface area contributed by atoms with Crippen molar-refractivity contribution < 1.29 is 25.2 Å². The minimum Gasteiger partial charge on any atom is -0.270 e. The van der Waals surface area contributed by atoms with E-state index in [-0.39, 0.29) is 25.0 Å². The van der Waals surface area contributed by atoms with E-state index in [2.05, 4.69) is 0 Å². The van der Waals surface area contributed by atoms with Crippen LogP contribution in [0.15, 0.2) is 0 Å². The van der Waals surface area contributed by atoms with Crippen LogP contribution in [0.5, 0.6) is 0 Å². The molecule has 124 valence electrons. The van der Waals surface area contributed by atoms with Crippen molar-refractivity contribution in [2.75, 3.05) is 25.7 Å². The van der Waals surface area contributed by atoms with Gasteiger partial charge in [0.1, 0.15) is 0 Å². The van der Waals surface area contributed by atoms with E-state index in [1.807, 2.05) is 0 Å². The van der Waals surface area contributed by atoms with Crippen molar-refractivity contribution >= 4 is 20.2 Å². The van der Waals surface area contributed by atoms with Gasteiger partial charge in [0, 0.05) is 0 Å². The smallest absolute Gasteiger partial charge is 0.264 e. The van der Waals surface area contributed by atoms with Gasteiger partial charge in [-0.15, -0.1) is 0 Å². The highest BCUT2D eigenvalue weighted by Crippen LogP contribution is 2.93. The third-order valence-electron chi connectivity index (χ3n) is 7.38. The zero-order valence-corrected chi connectivity index (χ0v) is 14.1. The Morgan fingerprint density at radius 3 is 1.14 bits per heavy atom. The van der Waals surface area contributed by atoms with Crippen molar-refractivity contribution in [1.29, 1.82) is 0 Å². The predicted octanol–water partition coefficient (Wildman–Crippen LogP) is 0.169. The molecule has 2 bridgehead atoms. The van der Waals surface area contributed by atoms with E-state index in [0.717, 1.165) is 48.0 Å². The Bertz CT molecular complexity index is 659. The number of hydrogen-bond donors (Lipinski definition) is 0. The first kappa shape index (κ1) is 14.2. The molecule has 0 heterocycles. The van der Waals surface area contributed by atoms with E-state index in [0.29, 0.717) is 11.8 Å². The molecule has 8 heteroatoms. The summed E-state index contributed by atoms with van der Waals surface area (Å²) in [6.45, 7) is 0.364. The highest BCUT2D eigenvalue weighted by Gasteiger charge is 2.90. The van der Waals surface area contributed by atoms with E-state index in [1.165, 1.54) is 0 Å². The molecular weight excluding hydrogens is 328 g/mol. The second-order valence-electron chi connectivity index (χ2n) is 7.92. The number of rotatable bonds is 6. The molecule has 6 aliphatic rings. The number of hydrogen-bond acceptors (Lipinski definition) is 6. The maximum Gasteiger partial charge on any atom is 0.264 e. The monoisotopic (exact) mass is 348 g/mol. The molecule has 0 N–H and O–H groups in total. The molecule has 0 saturated heterocycles. The molecule has 0 spiro atoms. The standard InChI is InChI=1S/C14H20O6S2/c1-21(15,16)19-3-5-6(4-20-22(2,17)18)8-11-9-7(5)10-12(8)14(11)13(9)10/h5-14H,3-4H2,1-2H3/t5-,6+,7?,8?,9-,10-,11-,12+,13?,14?/m1/s1. The van der Waals surface area contributed by atoms with Crippen molar-refractivity contribution in [3.05, 3.63) is 0 Å². The summed E-state index contributed by atoms with van der Waals surface area (Å²) in [5.41, 5.74) is 0. The van der Waals surface area contributed by atoms with Gasteiger partial charge in [0.05, 0.1) is 25.7 Å². The van der Waals surface area contributed by atoms with Gasteiger partial charge in [-0.05, 0) is 59.2 Å². The predicted molar refractivity (Wildman–Crippen MR) is 76.5 cm³/mol. The normalized spacial score (nSPS) is 56.3. The summed E-state index contributed by atoms with van der Waals surface area (Å²) in [4.78, 5) is 0. The largest absolute Gasteiger partial charge is 0.270 e. The van der Waals surface area contributed by atoms with Crippen LogP contribution in [-0.4, -0.2) is 42.6 Å². The molecule has 6 saturated carbocycles. The lowest BCUT2D eigenvalue weighted by molar-refractivity contribution is -0.487. The Balaban J connectivity index is 1.38. The zero-order chi connectivity index (χ0) is 15.6. The summed E-state index contributed by atoms with van der Waals surface area (Å²) in [6.07, 6.45) is 2.14. The Kier molecular flexibility index (Phi) is 2.51. The molecule has 0 aromatic heterocycles. The molecule has 0 aromatic rings. The molecule has 6 nitrogen and oxygen atoms in total. The fourth-order valence-electron chi connectivity index (χ4n) is 7.14. The van der Waals surface area contributed by atoms with Crippen molar-refractivity contribution in [1.82, 2.24) is 0 Å². The van der Waals surface area contributed by atoms with Crippen LogP contribution in [0.4, 0.5) is 0 Å². The highest BCUT2D eigenvalue weighted by molar-refractivity contribution is 7.86. The second kappa shape index (κ2) is 3.90. The molecule has 0 radical (unpaired) electrons.